The predicted molar refractivity (Wildman–Crippen MR) is 41.8 cm³/mol. The minimum absolute atomic E-state index is 0.150. The molecule has 2 N–H and O–H groups in total. The summed E-state index contributed by atoms with van der Waals surface area (Å²) in [6, 6.07) is 1.38. The van der Waals surface area contributed by atoms with Gasteiger partial charge in [-0.25, -0.2) is 8.42 Å². The smallest absolute Gasteiger partial charge is 0.177 e. The third-order valence-electron chi connectivity index (χ3n) is 1.16. The fourth-order valence-electron chi connectivity index (χ4n) is 0.638. The van der Waals surface area contributed by atoms with Gasteiger partial charge in [-0.05, 0) is 6.07 Å². The van der Waals surface area contributed by atoms with Gasteiger partial charge in [0.1, 0.15) is 0 Å². The van der Waals surface area contributed by atoms with Crippen molar-refractivity contribution in [3.8, 4) is 0 Å². The fourth-order valence-corrected chi connectivity index (χ4v) is 1.24. The first-order valence-electron chi connectivity index (χ1n) is 2.91. The predicted octanol–water partition coefficient (Wildman–Crippen LogP) is 0.0673. The highest BCUT2D eigenvalue weighted by Crippen LogP contribution is 2.09. The van der Waals surface area contributed by atoms with E-state index in [9.17, 15) is 8.42 Å². The summed E-state index contributed by atoms with van der Waals surface area (Å²) in [5.74, 6) is 0. The van der Waals surface area contributed by atoms with Gasteiger partial charge in [-0.2, -0.15) is 0 Å². The first-order chi connectivity index (χ1) is 5.00. The summed E-state index contributed by atoms with van der Waals surface area (Å²) >= 11 is 0. The molecule has 5 heteroatoms. The lowest BCUT2D eigenvalue weighted by atomic mass is 10.4. The summed E-state index contributed by atoms with van der Waals surface area (Å²) < 4.78 is 21.8. The highest BCUT2D eigenvalue weighted by molar-refractivity contribution is 7.90. The van der Waals surface area contributed by atoms with Crippen LogP contribution in [-0.2, 0) is 9.84 Å². The Morgan fingerprint density at radius 1 is 1.45 bits per heavy atom. The molecule has 0 radical (unpaired) electrons. The zero-order valence-electron chi connectivity index (χ0n) is 5.98. The molecule has 4 nitrogen and oxygen atoms in total. The lowest BCUT2D eigenvalue weighted by Gasteiger charge is -1.96. The monoisotopic (exact) mass is 172 g/mol. The Kier molecular flexibility index (Phi) is 1.82. The van der Waals surface area contributed by atoms with Crippen LogP contribution in [0, 0.1) is 0 Å². The molecule has 1 aromatic rings. The molecule has 0 fully saturated rings. The van der Waals surface area contributed by atoms with Crippen molar-refractivity contribution < 1.29 is 8.42 Å². The van der Waals surface area contributed by atoms with Gasteiger partial charge >= 0.3 is 0 Å². The van der Waals surface area contributed by atoms with Crippen LogP contribution in [0.25, 0.3) is 0 Å². The molecule has 0 aliphatic carbocycles. The first-order valence-corrected chi connectivity index (χ1v) is 4.80. The highest BCUT2D eigenvalue weighted by Gasteiger charge is 2.06. The summed E-state index contributed by atoms with van der Waals surface area (Å²) in [4.78, 5) is 3.80. The molecular formula is C6H8N2O2S. The van der Waals surface area contributed by atoms with Crippen molar-refractivity contribution in [3.05, 3.63) is 18.5 Å². The zero-order chi connectivity index (χ0) is 8.48. The summed E-state index contributed by atoms with van der Waals surface area (Å²) in [7, 11) is -3.17. The maximum Gasteiger partial charge on any atom is 0.177 e. The van der Waals surface area contributed by atoms with E-state index in [1.807, 2.05) is 0 Å². The molecule has 11 heavy (non-hydrogen) atoms. The normalized spacial score (nSPS) is 11.4. The molecule has 0 aromatic carbocycles. The van der Waals surface area contributed by atoms with Crippen LogP contribution in [0.5, 0.6) is 0 Å². The third kappa shape index (κ3) is 1.91. The van der Waals surface area contributed by atoms with E-state index < -0.39 is 9.84 Å². The van der Waals surface area contributed by atoms with Crippen LogP contribution < -0.4 is 5.73 Å². The molecule has 1 rings (SSSR count). The first kappa shape index (κ1) is 8.00. The third-order valence-corrected chi connectivity index (χ3v) is 2.24. The Morgan fingerprint density at radius 2 is 2.09 bits per heavy atom. The molecule has 0 atom stereocenters. The van der Waals surface area contributed by atoms with Gasteiger partial charge in [0.05, 0.1) is 10.6 Å². The standard InChI is InChI=1S/C6H8N2O2S/c1-11(9,10)6-2-5(7)3-8-4-6/h2-4H,7H2,1H3. The molecule has 0 aliphatic heterocycles. The molecule has 0 unspecified atom stereocenters. The Morgan fingerprint density at radius 3 is 2.45 bits per heavy atom. The van der Waals surface area contributed by atoms with E-state index in [0.717, 1.165) is 6.26 Å². The SMILES string of the molecule is CS(=O)(=O)c1cncc(N)c1. The number of nitrogens with two attached hydrogens (primary N) is 1. The average Bonchev–Trinajstić information content (AvgIpc) is 1.86. The van der Waals surface area contributed by atoms with Crippen LogP contribution in [0.15, 0.2) is 23.4 Å². The molecule has 0 bridgehead atoms. The second-order valence-corrected chi connectivity index (χ2v) is 4.24. The van der Waals surface area contributed by atoms with Crippen LogP contribution in [0.3, 0.4) is 0 Å². The van der Waals surface area contributed by atoms with Gasteiger partial charge in [-0.15, -0.1) is 0 Å². The number of anilines is 1. The summed E-state index contributed by atoms with van der Waals surface area (Å²) in [5.41, 5.74) is 5.68. The van der Waals surface area contributed by atoms with Gasteiger partial charge in [0, 0.05) is 18.6 Å². The molecule has 60 valence electrons. The van der Waals surface area contributed by atoms with E-state index in [4.69, 9.17) is 5.73 Å². The summed E-state index contributed by atoms with van der Waals surface area (Å²) in [6.07, 6.45) is 3.78. The largest absolute Gasteiger partial charge is 0.397 e. The van der Waals surface area contributed by atoms with Crippen molar-refractivity contribution >= 4 is 15.5 Å². The number of nitrogen functional groups attached to an aromatic ring is 1. The minimum atomic E-state index is -3.17. The Labute approximate surface area is 65.0 Å². The Bertz CT molecular complexity index is 359. The van der Waals surface area contributed by atoms with Gasteiger partial charge in [0.15, 0.2) is 9.84 Å². The molecule has 1 aromatic heterocycles. The molecule has 0 spiro atoms. The lowest BCUT2D eigenvalue weighted by Crippen LogP contribution is -1.98. The molecule has 0 aliphatic rings. The minimum Gasteiger partial charge on any atom is -0.397 e. The topological polar surface area (TPSA) is 73.0 Å². The number of hydrogen-bond acceptors (Lipinski definition) is 4. The number of hydrogen-bond donors (Lipinski definition) is 1. The van der Waals surface area contributed by atoms with E-state index in [0.29, 0.717) is 5.69 Å². The quantitative estimate of drug-likeness (QED) is 0.650. The van der Waals surface area contributed by atoms with Crippen LogP contribution in [0.4, 0.5) is 5.69 Å². The van der Waals surface area contributed by atoms with Crippen LogP contribution in [-0.4, -0.2) is 19.7 Å². The van der Waals surface area contributed by atoms with Gasteiger partial charge in [-0.3, -0.25) is 4.98 Å². The van der Waals surface area contributed by atoms with Gasteiger partial charge in [0.2, 0.25) is 0 Å². The van der Waals surface area contributed by atoms with Crippen molar-refractivity contribution in [3.63, 3.8) is 0 Å². The Hall–Kier alpha value is -1.10. The summed E-state index contributed by atoms with van der Waals surface area (Å²) in [6.45, 7) is 0. The van der Waals surface area contributed by atoms with E-state index in [-0.39, 0.29) is 4.90 Å². The van der Waals surface area contributed by atoms with Crippen molar-refractivity contribution in [1.82, 2.24) is 4.98 Å². The molecular weight excluding hydrogens is 164 g/mol. The van der Waals surface area contributed by atoms with Crippen LogP contribution >= 0.6 is 0 Å². The van der Waals surface area contributed by atoms with Crippen molar-refractivity contribution in [2.45, 2.75) is 4.90 Å². The maximum absolute atomic E-state index is 10.9. The Balaban J connectivity index is 3.28. The van der Waals surface area contributed by atoms with Crippen LogP contribution in [0.1, 0.15) is 0 Å². The van der Waals surface area contributed by atoms with Gasteiger partial charge in [-0.1, -0.05) is 0 Å². The lowest BCUT2D eigenvalue weighted by molar-refractivity contribution is 0.601. The molecule has 1 heterocycles. The maximum atomic E-state index is 10.9. The van der Waals surface area contributed by atoms with Gasteiger partial charge in [0.25, 0.3) is 0 Å². The van der Waals surface area contributed by atoms with Crippen molar-refractivity contribution in [2.24, 2.45) is 0 Å². The average molecular weight is 172 g/mol. The molecule has 0 amide bonds. The van der Waals surface area contributed by atoms with E-state index in [1.54, 1.807) is 0 Å². The fraction of sp³-hybridized carbons (Fsp3) is 0.167. The van der Waals surface area contributed by atoms with Crippen LogP contribution in [0.2, 0.25) is 0 Å². The number of pyridine rings is 1. The van der Waals surface area contributed by atoms with E-state index >= 15 is 0 Å². The number of aromatic nitrogens is 1. The van der Waals surface area contributed by atoms with Gasteiger partial charge < -0.3 is 5.73 Å². The highest BCUT2D eigenvalue weighted by atomic mass is 32.2. The van der Waals surface area contributed by atoms with E-state index in [1.165, 1.54) is 18.5 Å². The van der Waals surface area contributed by atoms with Crippen molar-refractivity contribution in [1.29, 1.82) is 0 Å². The van der Waals surface area contributed by atoms with E-state index in [2.05, 4.69) is 4.98 Å². The second kappa shape index (κ2) is 2.50. The molecule has 0 saturated carbocycles. The molecule has 0 saturated heterocycles. The van der Waals surface area contributed by atoms with Crippen molar-refractivity contribution in [2.75, 3.05) is 12.0 Å². The number of sulfone groups is 1. The number of nitrogens with zero attached hydrogens (tertiary/aromatic N) is 1. The summed E-state index contributed by atoms with van der Waals surface area (Å²) in [5, 5.41) is 0. The number of rotatable bonds is 1. The zero-order valence-corrected chi connectivity index (χ0v) is 6.80. The second-order valence-electron chi connectivity index (χ2n) is 2.23.